The molecule has 4 saturated carbocycles. The molecule has 0 aliphatic heterocycles. The number of hydrogen-bond acceptors (Lipinski definition) is 6. The van der Waals surface area contributed by atoms with Crippen LogP contribution < -0.4 is 16.6 Å². The van der Waals surface area contributed by atoms with Crippen LogP contribution >= 0.6 is 0 Å². The fraction of sp³-hybridized carbons (Fsp3) is 0.538. The maximum absolute atomic E-state index is 13.5. The monoisotopic (exact) mass is 541 g/mol. The van der Waals surface area contributed by atoms with E-state index in [1.165, 1.54) is 31.4 Å². The molecule has 3 N–H and O–H groups in total. The quantitative estimate of drug-likeness (QED) is 0.369. The Morgan fingerprint density at radius 1 is 1.11 bits per heavy atom. The first-order valence-electron chi connectivity index (χ1n) is 13.2. The molecule has 3 aromatic rings. The van der Waals surface area contributed by atoms with Crippen molar-refractivity contribution in [2.75, 3.05) is 6.54 Å². The fourth-order valence-corrected chi connectivity index (χ4v) is 7.85. The van der Waals surface area contributed by atoms with Crippen molar-refractivity contribution < 1.29 is 17.8 Å². The zero-order valence-electron chi connectivity index (χ0n) is 21.1. The molecule has 4 aliphatic carbocycles. The van der Waals surface area contributed by atoms with E-state index in [2.05, 4.69) is 10.3 Å². The Morgan fingerprint density at radius 3 is 2.42 bits per heavy atom. The number of rotatable bonds is 8. The van der Waals surface area contributed by atoms with Crippen LogP contribution in [0.25, 0.3) is 11.2 Å². The van der Waals surface area contributed by atoms with Gasteiger partial charge in [-0.2, -0.15) is 8.42 Å². The SMILES string of the molecule is CCCn1c(=O)n(CCNC(=O)c2ccc(S(=O)(=O)O)cc2)c(=O)c2[nH]c(C34CC5CC(CC3C5)C4)nc21. The number of aromatic nitrogens is 4. The summed E-state index contributed by atoms with van der Waals surface area (Å²) in [6.45, 7) is 2.37. The Labute approximate surface area is 219 Å². The molecule has 7 rings (SSSR count). The van der Waals surface area contributed by atoms with Crippen molar-refractivity contribution in [3.8, 4) is 0 Å². The second-order valence-electron chi connectivity index (χ2n) is 11.1. The number of carbonyl (C=O) groups excluding carboxylic acids is 1. The van der Waals surface area contributed by atoms with Crippen molar-refractivity contribution in [3.05, 3.63) is 56.5 Å². The largest absolute Gasteiger partial charge is 0.350 e. The van der Waals surface area contributed by atoms with E-state index in [1.54, 1.807) is 4.57 Å². The van der Waals surface area contributed by atoms with Crippen LogP contribution in [0.2, 0.25) is 0 Å². The molecule has 202 valence electrons. The average Bonchev–Trinajstić information content (AvgIpc) is 3.51. The molecule has 0 spiro atoms. The van der Waals surface area contributed by atoms with Gasteiger partial charge < -0.3 is 10.3 Å². The van der Waals surface area contributed by atoms with Crippen LogP contribution in [0.4, 0.5) is 0 Å². The lowest BCUT2D eigenvalue weighted by Crippen LogP contribution is -2.42. The zero-order valence-corrected chi connectivity index (χ0v) is 22.0. The van der Waals surface area contributed by atoms with E-state index in [0.717, 1.165) is 47.2 Å². The Kier molecular flexibility index (Phi) is 5.87. The molecule has 2 unspecified atom stereocenters. The molecule has 12 heteroatoms. The number of nitrogens with zero attached hydrogens (tertiary/aromatic N) is 3. The van der Waals surface area contributed by atoms with Gasteiger partial charge in [0.05, 0.1) is 4.90 Å². The second kappa shape index (κ2) is 8.91. The van der Waals surface area contributed by atoms with Crippen LogP contribution in [0.15, 0.2) is 38.8 Å². The maximum Gasteiger partial charge on any atom is 0.332 e. The lowest BCUT2D eigenvalue weighted by molar-refractivity contribution is 0.0952. The third-order valence-electron chi connectivity index (χ3n) is 8.81. The summed E-state index contributed by atoms with van der Waals surface area (Å²) in [5.41, 5.74) is 0.00984. The minimum Gasteiger partial charge on any atom is -0.350 e. The average molecular weight is 542 g/mol. The first-order valence-corrected chi connectivity index (χ1v) is 14.6. The lowest BCUT2D eigenvalue weighted by Gasteiger charge is -2.30. The summed E-state index contributed by atoms with van der Waals surface area (Å²) < 4.78 is 34.2. The van der Waals surface area contributed by atoms with Gasteiger partial charge in [-0.1, -0.05) is 6.92 Å². The number of aryl methyl sites for hydroxylation is 1. The fourth-order valence-electron chi connectivity index (χ4n) is 7.37. The molecule has 38 heavy (non-hydrogen) atoms. The second-order valence-corrected chi connectivity index (χ2v) is 12.6. The number of nitrogens with one attached hydrogen (secondary N) is 2. The number of benzene rings is 1. The number of aromatic amines is 1. The minimum atomic E-state index is -4.36. The summed E-state index contributed by atoms with van der Waals surface area (Å²) in [5.74, 6) is 2.39. The summed E-state index contributed by atoms with van der Waals surface area (Å²) >= 11 is 0. The Hall–Kier alpha value is -3.25. The normalized spacial score (nSPS) is 25.9. The smallest absolute Gasteiger partial charge is 0.332 e. The number of carbonyl (C=O) groups is 1. The van der Waals surface area contributed by atoms with Crippen LogP contribution in [0.5, 0.6) is 0 Å². The molecule has 2 atom stereocenters. The third-order valence-corrected chi connectivity index (χ3v) is 9.67. The maximum atomic E-state index is 13.5. The van der Waals surface area contributed by atoms with Crippen LogP contribution in [-0.4, -0.2) is 44.5 Å². The molecule has 0 saturated heterocycles. The molecular weight excluding hydrogens is 510 g/mol. The van der Waals surface area contributed by atoms with Crippen molar-refractivity contribution in [2.24, 2.45) is 17.8 Å². The zero-order chi connectivity index (χ0) is 26.8. The van der Waals surface area contributed by atoms with E-state index in [9.17, 15) is 22.8 Å². The molecule has 4 aliphatic rings. The number of hydrogen-bond donors (Lipinski definition) is 3. The van der Waals surface area contributed by atoms with Gasteiger partial charge in [-0.3, -0.25) is 23.3 Å². The molecule has 2 aromatic heterocycles. The van der Waals surface area contributed by atoms with E-state index in [4.69, 9.17) is 9.54 Å². The molecule has 2 heterocycles. The van der Waals surface area contributed by atoms with E-state index in [0.29, 0.717) is 30.0 Å². The Balaban J connectivity index is 1.27. The van der Waals surface area contributed by atoms with Crippen LogP contribution in [0, 0.1) is 17.8 Å². The van der Waals surface area contributed by atoms with Gasteiger partial charge in [-0.05, 0) is 80.5 Å². The number of amides is 1. The van der Waals surface area contributed by atoms with Crippen molar-refractivity contribution >= 4 is 27.2 Å². The van der Waals surface area contributed by atoms with Gasteiger partial charge in [0.2, 0.25) is 0 Å². The topological polar surface area (TPSA) is 156 Å². The van der Waals surface area contributed by atoms with Crippen molar-refractivity contribution in [1.29, 1.82) is 0 Å². The highest BCUT2D eigenvalue weighted by Crippen LogP contribution is 2.65. The van der Waals surface area contributed by atoms with E-state index < -0.39 is 27.3 Å². The summed E-state index contributed by atoms with van der Waals surface area (Å²) in [5, 5.41) is 2.66. The van der Waals surface area contributed by atoms with Gasteiger partial charge in [0.25, 0.3) is 21.6 Å². The van der Waals surface area contributed by atoms with Crippen LogP contribution in [0.3, 0.4) is 0 Å². The molecule has 1 aromatic carbocycles. The molecule has 11 nitrogen and oxygen atoms in total. The first kappa shape index (κ1) is 25.1. The highest BCUT2D eigenvalue weighted by atomic mass is 32.2. The minimum absolute atomic E-state index is 0.0159. The standard InChI is InChI=1S/C26H31N5O6S/c1-2-8-30-21-20(28-24(29-21)26-13-15-10-16(14-26)12-18(26)11-15)23(33)31(25(30)34)9-7-27-22(32)17-3-5-19(6-4-17)38(35,36)37/h3-6,15-16,18H,2,7-14H2,1H3,(H,27,32)(H,28,29)(H,35,36,37). The van der Waals surface area contributed by atoms with Gasteiger partial charge in [0, 0.05) is 30.6 Å². The van der Waals surface area contributed by atoms with E-state index in [-0.39, 0.29) is 29.0 Å². The lowest BCUT2D eigenvalue weighted by atomic mass is 9.75. The first-order chi connectivity index (χ1) is 18.1. The Morgan fingerprint density at radius 2 is 1.79 bits per heavy atom. The summed E-state index contributed by atoms with van der Waals surface area (Å²) in [7, 11) is -4.36. The summed E-state index contributed by atoms with van der Waals surface area (Å²) in [6, 6.07) is 4.81. The molecule has 0 radical (unpaired) electrons. The summed E-state index contributed by atoms with van der Waals surface area (Å²) in [4.78, 5) is 47.3. The van der Waals surface area contributed by atoms with Gasteiger partial charge >= 0.3 is 5.69 Å². The van der Waals surface area contributed by atoms with E-state index >= 15 is 0 Å². The third kappa shape index (κ3) is 3.92. The van der Waals surface area contributed by atoms with Gasteiger partial charge in [0.15, 0.2) is 5.65 Å². The predicted molar refractivity (Wildman–Crippen MR) is 139 cm³/mol. The number of fused-ring (bicyclic) bond motifs is 1. The van der Waals surface area contributed by atoms with Gasteiger partial charge in [-0.15, -0.1) is 0 Å². The molecule has 4 bridgehead atoms. The summed E-state index contributed by atoms with van der Waals surface area (Å²) in [6.07, 6.45) is 6.62. The van der Waals surface area contributed by atoms with Crippen molar-refractivity contribution in [3.63, 3.8) is 0 Å². The predicted octanol–water partition coefficient (Wildman–Crippen LogP) is 2.05. The van der Waals surface area contributed by atoms with Crippen molar-refractivity contribution in [2.45, 2.75) is 68.8 Å². The van der Waals surface area contributed by atoms with Crippen molar-refractivity contribution in [1.82, 2.24) is 24.4 Å². The van der Waals surface area contributed by atoms with Crippen LogP contribution in [-0.2, 0) is 28.6 Å². The molecule has 1 amide bonds. The van der Waals surface area contributed by atoms with Crippen LogP contribution in [0.1, 0.15) is 61.6 Å². The highest BCUT2D eigenvalue weighted by Gasteiger charge is 2.59. The molecular formula is C26H31N5O6S. The number of imidazole rings is 1. The number of H-pyrrole nitrogens is 1. The molecule has 4 fully saturated rings. The van der Waals surface area contributed by atoms with E-state index in [1.807, 2.05) is 6.92 Å². The van der Waals surface area contributed by atoms with Gasteiger partial charge in [-0.25, -0.2) is 9.78 Å². The van der Waals surface area contributed by atoms with Gasteiger partial charge in [0.1, 0.15) is 11.3 Å². The Bertz CT molecular complexity index is 1640. The highest BCUT2D eigenvalue weighted by molar-refractivity contribution is 7.85.